The van der Waals surface area contributed by atoms with Crippen molar-refractivity contribution in [2.45, 2.75) is 12.5 Å². The lowest BCUT2D eigenvalue weighted by Gasteiger charge is -2.24. The van der Waals surface area contributed by atoms with E-state index in [0.717, 1.165) is 0 Å². The van der Waals surface area contributed by atoms with Crippen LogP contribution in [0.3, 0.4) is 0 Å². The van der Waals surface area contributed by atoms with Gasteiger partial charge in [0.15, 0.2) is 5.60 Å². The largest absolute Gasteiger partial charge is 0.462 e. The summed E-state index contributed by atoms with van der Waals surface area (Å²) >= 11 is 0. The van der Waals surface area contributed by atoms with E-state index >= 15 is 0 Å². The molecule has 6 nitrogen and oxygen atoms in total. The van der Waals surface area contributed by atoms with Crippen LogP contribution in [0.1, 0.15) is 22.8 Å². The molecule has 1 amide bonds. The van der Waals surface area contributed by atoms with E-state index in [2.05, 4.69) is 5.32 Å². The number of ether oxygens (including phenoxy) is 1. The molecule has 108 valence electrons. The average molecular weight is 278 g/mol. The van der Waals surface area contributed by atoms with E-state index in [1.165, 1.54) is 6.07 Å². The molecule has 0 spiro atoms. The highest BCUT2D eigenvalue weighted by Crippen LogP contribution is 2.37. The second-order valence-electron chi connectivity index (χ2n) is 5.03. The number of benzene rings is 1. The maximum Gasteiger partial charge on any atom is 0.338 e. The summed E-state index contributed by atoms with van der Waals surface area (Å²) in [6.07, 6.45) is 0. The lowest BCUT2D eigenvalue weighted by Crippen LogP contribution is -2.43. The van der Waals surface area contributed by atoms with Crippen molar-refractivity contribution in [2.75, 3.05) is 32.6 Å². The maximum atomic E-state index is 12.0. The van der Waals surface area contributed by atoms with Gasteiger partial charge in [0.2, 0.25) is 0 Å². The first-order chi connectivity index (χ1) is 9.38. The molecule has 0 saturated carbocycles. The van der Waals surface area contributed by atoms with Crippen LogP contribution in [0.15, 0.2) is 18.2 Å². The molecule has 2 rings (SSSR count). The van der Waals surface area contributed by atoms with Crippen LogP contribution in [-0.2, 0) is 15.1 Å². The number of fused-ring (bicyclic) bond motifs is 1. The van der Waals surface area contributed by atoms with Crippen molar-refractivity contribution in [1.29, 1.82) is 0 Å². The minimum Gasteiger partial charge on any atom is -0.462 e. The molecular formula is C14H18N2O4. The smallest absolute Gasteiger partial charge is 0.338 e. The molecule has 1 aliphatic heterocycles. The van der Waals surface area contributed by atoms with Gasteiger partial charge in [0.05, 0.1) is 12.2 Å². The van der Waals surface area contributed by atoms with Crippen LogP contribution in [0, 0.1) is 0 Å². The topological polar surface area (TPSA) is 78.9 Å². The van der Waals surface area contributed by atoms with Gasteiger partial charge in [-0.1, -0.05) is 0 Å². The van der Waals surface area contributed by atoms with Gasteiger partial charge < -0.3 is 20.1 Å². The number of hydrogen-bond acceptors (Lipinski definition) is 5. The Morgan fingerprint density at radius 3 is 2.75 bits per heavy atom. The zero-order chi connectivity index (χ0) is 14.9. The Morgan fingerprint density at radius 2 is 2.15 bits per heavy atom. The highest BCUT2D eigenvalue weighted by molar-refractivity contribution is 6.06. The number of rotatable bonds is 4. The van der Waals surface area contributed by atoms with Crippen molar-refractivity contribution in [3.63, 3.8) is 0 Å². The Kier molecular flexibility index (Phi) is 3.78. The first kappa shape index (κ1) is 14.5. The predicted octanol–water partition coefficient (Wildman–Crippen LogP) is 0.565. The van der Waals surface area contributed by atoms with Gasteiger partial charge in [-0.3, -0.25) is 4.79 Å². The van der Waals surface area contributed by atoms with Gasteiger partial charge >= 0.3 is 5.97 Å². The fraction of sp³-hybridized carbons (Fsp3) is 0.429. The molecule has 2 N–H and O–H groups in total. The second kappa shape index (κ2) is 5.22. The van der Waals surface area contributed by atoms with Gasteiger partial charge in [-0.05, 0) is 39.2 Å². The number of anilines is 1. The van der Waals surface area contributed by atoms with E-state index < -0.39 is 17.5 Å². The molecule has 0 bridgehead atoms. The van der Waals surface area contributed by atoms with Crippen molar-refractivity contribution in [3.8, 4) is 0 Å². The third-order valence-electron chi connectivity index (χ3n) is 3.15. The van der Waals surface area contributed by atoms with Crippen molar-refractivity contribution < 1.29 is 19.4 Å². The number of esters is 1. The summed E-state index contributed by atoms with van der Waals surface area (Å²) in [5, 5.41) is 13.2. The van der Waals surface area contributed by atoms with Crippen LogP contribution < -0.4 is 5.32 Å². The van der Waals surface area contributed by atoms with E-state index in [-0.39, 0.29) is 13.2 Å². The minimum absolute atomic E-state index is 0.137. The van der Waals surface area contributed by atoms with Crippen LogP contribution in [-0.4, -0.2) is 49.1 Å². The molecule has 0 saturated heterocycles. The molecule has 1 aromatic carbocycles. The summed E-state index contributed by atoms with van der Waals surface area (Å²) < 4.78 is 4.93. The number of nitrogens with one attached hydrogen (secondary N) is 1. The molecule has 6 heteroatoms. The third-order valence-corrected chi connectivity index (χ3v) is 3.15. The van der Waals surface area contributed by atoms with Crippen molar-refractivity contribution in [2.24, 2.45) is 0 Å². The lowest BCUT2D eigenvalue weighted by molar-refractivity contribution is -0.135. The van der Waals surface area contributed by atoms with E-state index in [4.69, 9.17) is 4.74 Å². The molecule has 1 unspecified atom stereocenters. The Morgan fingerprint density at radius 1 is 1.45 bits per heavy atom. The first-order valence-corrected chi connectivity index (χ1v) is 6.38. The summed E-state index contributed by atoms with van der Waals surface area (Å²) in [4.78, 5) is 25.4. The minimum atomic E-state index is -1.65. The first-order valence-electron chi connectivity index (χ1n) is 6.38. The van der Waals surface area contributed by atoms with E-state index in [1.807, 2.05) is 0 Å². The van der Waals surface area contributed by atoms with Crippen LogP contribution in [0.4, 0.5) is 5.69 Å². The maximum absolute atomic E-state index is 12.0. The molecule has 0 aliphatic carbocycles. The van der Waals surface area contributed by atoms with Gasteiger partial charge in [-0.2, -0.15) is 0 Å². The number of aliphatic hydroxyl groups is 1. The highest BCUT2D eigenvalue weighted by atomic mass is 16.5. The number of carbonyl (C=O) groups excluding carboxylic acids is 2. The summed E-state index contributed by atoms with van der Waals surface area (Å²) in [6.45, 7) is 2.13. The van der Waals surface area contributed by atoms with Gasteiger partial charge in [-0.15, -0.1) is 0 Å². The number of nitrogens with zero attached hydrogens (tertiary/aromatic N) is 1. The van der Waals surface area contributed by atoms with Crippen LogP contribution in [0.25, 0.3) is 0 Å². The summed E-state index contributed by atoms with van der Waals surface area (Å²) in [7, 11) is 3.52. The number of likely N-dealkylation sites (N-methyl/N-ethyl adjacent to an activating group) is 1. The van der Waals surface area contributed by atoms with Gasteiger partial charge in [0.25, 0.3) is 5.91 Å². The van der Waals surface area contributed by atoms with E-state index in [0.29, 0.717) is 16.8 Å². The molecule has 1 atom stereocenters. The quantitative estimate of drug-likeness (QED) is 0.787. The van der Waals surface area contributed by atoms with Crippen molar-refractivity contribution in [1.82, 2.24) is 4.90 Å². The molecule has 1 aromatic rings. The van der Waals surface area contributed by atoms with Crippen molar-refractivity contribution in [3.05, 3.63) is 29.3 Å². The fourth-order valence-electron chi connectivity index (χ4n) is 2.30. The van der Waals surface area contributed by atoms with Crippen LogP contribution in [0.2, 0.25) is 0 Å². The summed E-state index contributed by atoms with van der Waals surface area (Å²) in [6, 6.07) is 4.68. The Bertz CT molecular complexity index is 556. The normalized spacial score (nSPS) is 20.8. The van der Waals surface area contributed by atoms with Gasteiger partial charge in [0.1, 0.15) is 0 Å². The number of amides is 1. The fourth-order valence-corrected chi connectivity index (χ4v) is 2.30. The standard InChI is InChI=1S/C14H18N2O4/c1-4-20-12(17)9-5-6-11-10(7-9)14(19,8-16(2)3)13(18)15-11/h5-7,19H,4,8H2,1-3H3,(H,15,18). The summed E-state index contributed by atoms with van der Waals surface area (Å²) in [5.74, 6) is -0.955. The second-order valence-corrected chi connectivity index (χ2v) is 5.03. The summed E-state index contributed by atoms with van der Waals surface area (Å²) in [5.41, 5.74) is -0.408. The molecule has 0 fully saturated rings. The molecule has 20 heavy (non-hydrogen) atoms. The molecule has 1 heterocycles. The third kappa shape index (κ3) is 2.39. The number of carbonyl (C=O) groups is 2. The van der Waals surface area contributed by atoms with Gasteiger partial charge in [-0.25, -0.2) is 4.79 Å². The Hall–Kier alpha value is -1.92. The van der Waals surface area contributed by atoms with E-state index in [9.17, 15) is 14.7 Å². The molecular weight excluding hydrogens is 260 g/mol. The molecule has 0 aromatic heterocycles. The Labute approximate surface area is 117 Å². The van der Waals surface area contributed by atoms with Crippen LogP contribution in [0.5, 0.6) is 0 Å². The average Bonchev–Trinajstić information content (AvgIpc) is 2.60. The van der Waals surface area contributed by atoms with Crippen molar-refractivity contribution >= 4 is 17.6 Å². The van der Waals surface area contributed by atoms with E-state index in [1.54, 1.807) is 38.1 Å². The Balaban J connectivity index is 2.42. The zero-order valence-corrected chi connectivity index (χ0v) is 11.8. The lowest BCUT2D eigenvalue weighted by atomic mass is 9.93. The van der Waals surface area contributed by atoms with Gasteiger partial charge in [0, 0.05) is 17.8 Å². The SMILES string of the molecule is CCOC(=O)c1ccc2c(c1)C(O)(CN(C)C)C(=O)N2. The zero-order valence-electron chi connectivity index (χ0n) is 11.8. The molecule has 0 radical (unpaired) electrons. The van der Waals surface area contributed by atoms with Crippen LogP contribution >= 0.6 is 0 Å². The number of hydrogen-bond donors (Lipinski definition) is 2. The monoisotopic (exact) mass is 278 g/mol. The highest BCUT2D eigenvalue weighted by Gasteiger charge is 2.45. The molecule has 1 aliphatic rings. The predicted molar refractivity (Wildman–Crippen MR) is 73.5 cm³/mol.